The van der Waals surface area contributed by atoms with E-state index in [1.54, 1.807) is 6.07 Å². The zero-order valence-corrected chi connectivity index (χ0v) is 21.9. The van der Waals surface area contributed by atoms with Crippen molar-refractivity contribution in [2.75, 3.05) is 0 Å². The van der Waals surface area contributed by atoms with E-state index in [0.717, 1.165) is 44.9 Å². The maximum atomic E-state index is 13.9. The quantitative estimate of drug-likeness (QED) is 0.309. The van der Waals surface area contributed by atoms with Crippen LogP contribution in [-0.2, 0) is 19.1 Å². The number of carbonyl (C=O) groups excluding carboxylic acids is 2. The number of fused-ring (bicyclic) bond motifs is 5. The fourth-order valence-electron chi connectivity index (χ4n) is 8.50. The molecule has 4 aliphatic rings. The summed E-state index contributed by atoms with van der Waals surface area (Å²) < 4.78 is 52.5. The largest absolute Gasteiger partial charge is 0.462 e. The number of carbonyl (C=O) groups is 2. The lowest BCUT2D eigenvalue weighted by Crippen LogP contribution is -2.51. The van der Waals surface area contributed by atoms with Crippen LogP contribution in [0.5, 0.6) is 0 Å². The van der Waals surface area contributed by atoms with Crippen molar-refractivity contribution in [2.24, 2.45) is 34.5 Å². The highest BCUT2D eigenvalue weighted by Gasteiger charge is 2.61. The fourth-order valence-corrected chi connectivity index (χ4v) is 8.50. The topological polar surface area (TPSA) is 52.6 Å². The first-order valence-corrected chi connectivity index (χ1v) is 13.6. The Hall–Kier alpha value is -2.31. The lowest BCUT2D eigenvalue weighted by Gasteiger charge is -2.57. The molecule has 0 amide bonds. The summed E-state index contributed by atoms with van der Waals surface area (Å²) >= 11 is 0. The van der Waals surface area contributed by atoms with Crippen LogP contribution in [0.15, 0.2) is 42.0 Å². The van der Waals surface area contributed by atoms with Crippen LogP contribution in [-0.4, -0.2) is 24.2 Å². The molecule has 0 spiro atoms. The molecule has 7 heteroatoms. The van der Waals surface area contributed by atoms with Crippen LogP contribution < -0.4 is 0 Å². The Morgan fingerprint density at radius 3 is 2.41 bits per heavy atom. The molecule has 0 saturated heterocycles. The summed E-state index contributed by atoms with van der Waals surface area (Å²) in [5.74, 6) is -0.306. The fraction of sp³-hybridized carbons (Fsp3) is 0.667. The van der Waals surface area contributed by atoms with Crippen LogP contribution in [0.1, 0.15) is 83.8 Å². The summed E-state index contributed by atoms with van der Waals surface area (Å²) in [5.41, 5.74) is 1.03. The summed E-state index contributed by atoms with van der Waals surface area (Å²) in [6.07, 6.45) is 2.08. The monoisotopic (exact) mass is 518 g/mol. The SMILES string of the molecule is CC(=O)O[C@@H]1CC[C@@]2(C)C(=CC[C@H]3[C@@H]4CC[C@H](C(=O)O[C@@H](c5ccccc5)C(F)(F)F)[C@@]4(C)CC[C@@H]32)C1. The molecule has 4 aliphatic carbocycles. The predicted octanol–water partition coefficient (Wildman–Crippen LogP) is 7.34. The molecule has 0 heterocycles. The molecule has 5 rings (SSSR count). The molecule has 0 bridgehead atoms. The van der Waals surface area contributed by atoms with E-state index in [0.29, 0.717) is 18.3 Å². The van der Waals surface area contributed by atoms with Gasteiger partial charge in [0, 0.05) is 18.9 Å². The van der Waals surface area contributed by atoms with Crippen molar-refractivity contribution in [1.82, 2.24) is 0 Å². The third-order valence-corrected chi connectivity index (χ3v) is 10.3. The number of esters is 2. The van der Waals surface area contributed by atoms with E-state index in [2.05, 4.69) is 19.9 Å². The number of allylic oxidation sites excluding steroid dienone is 1. The van der Waals surface area contributed by atoms with Gasteiger partial charge in [0.25, 0.3) is 0 Å². The van der Waals surface area contributed by atoms with Crippen LogP contribution in [0.3, 0.4) is 0 Å². The standard InChI is InChI=1S/C30H37F3O4/c1-18(34)36-21-13-15-28(2)20(17-21)9-10-22-23-11-12-25(29(23,3)16-14-24(22)28)27(35)37-26(30(31,32)33)19-7-5-4-6-8-19/h4-9,21-26H,10-17H2,1-3H3/t21-,22+,23+,24+,25-,26+,28+,29+/m1/s1. The molecule has 8 atom stereocenters. The zero-order valence-electron chi connectivity index (χ0n) is 21.9. The zero-order chi connectivity index (χ0) is 26.6. The van der Waals surface area contributed by atoms with Crippen molar-refractivity contribution in [2.45, 2.75) is 90.5 Å². The molecular formula is C30H37F3O4. The second-order valence-corrected chi connectivity index (χ2v) is 12.2. The number of benzene rings is 1. The number of alkyl halides is 3. The first kappa shape index (κ1) is 26.3. The highest BCUT2D eigenvalue weighted by molar-refractivity contribution is 5.74. The maximum Gasteiger partial charge on any atom is 0.429 e. The van der Waals surface area contributed by atoms with E-state index in [4.69, 9.17) is 9.47 Å². The number of hydrogen-bond donors (Lipinski definition) is 0. The molecule has 0 radical (unpaired) electrons. The van der Waals surface area contributed by atoms with Crippen LogP contribution >= 0.6 is 0 Å². The van der Waals surface area contributed by atoms with E-state index < -0.39 is 24.2 Å². The minimum absolute atomic E-state index is 0.0472. The van der Waals surface area contributed by atoms with Crippen molar-refractivity contribution in [3.63, 3.8) is 0 Å². The van der Waals surface area contributed by atoms with Gasteiger partial charge in [-0.15, -0.1) is 0 Å². The Morgan fingerprint density at radius 1 is 1.00 bits per heavy atom. The number of rotatable bonds is 4. The molecule has 0 N–H and O–H groups in total. The van der Waals surface area contributed by atoms with E-state index in [1.807, 2.05) is 0 Å². The lowest BCUT2D eigenvalue weighted by molar-refractivity contribution is -0.228. The molecular weight excluding hydrogens is 481 g/mol. The van der Waals surface area contributed by atoms with Gasteiger partial charge in [-0.3, -0.25) is 9.59 Å². The van der Waals surface area contributed by atoms with Gasteiger partial charge in [-0.25, -0.2) is 0 Å². The van der Waals surface area contributed by atoms with E-state index in [-0.39, 0.29) is 34.4 Å². The predicted molar refractivity (Wildman–Crippen MR) is 132 cm³/mol. The molecule has 0 aromatic heterocycles. The molecule has 1 aromatic rings. The first-order valence-electron chi connectivity index (χ1n) is 13.6. The molecule has 37 heavy (non-hydrogen) atoms. The van der Waals surface area contributed by atoms with Crippen molar-refractivity contribution in [3.8, 4) is 0 Å². The summed E-state index contributed by atoms with van der Waals surface area (Å²) in [5, 5.41) is 0. The second kappa shape index (κ2) is 9.46. The lowest BCUT2D eigenvalue weighted by atomic mass is 9.47. The normalized spacial score (nSPS) is 37.9. The number of halogens is 3. The first-order chi connectivity index (χ1) is 17.4. The second-order valence-electron chi connectivity index (χ2n) is 12.2. The minimum Gasteiger partial charge on any atom is -0.462 e. The maximum absolute atomic E-state index is 13.9. The summed E-state index contributed by atoms with van der Waals surface area (Å²) in [4.78, 5) is 24.8. The molecule has 202 valence electrons. The molecule has 0 unspecified atom stereocenters. The molecule has 3 saturated carbocycles. The highest BCUT2D eigenvalue weighted by Crippen LogP contribution is 2.66. The molecule has 3 fully saturated rings. The average Bonchev–Trinajstić information content (AvgIpc) is 3.19. The third-order valence-electron chi connectivity index (χ3n) is 10.3. The average molecular weight is 519 g/mol. The number of ether oxygens (including phenoxy) is 2. The summed E-state index contributed by atoms with van der Waals surface area (Å²) in [6, 6.07) is 7.42. The Labute approximate surface area is 217 Å². The Bertz CT molecular complexity index is 1070. The van der Waals surface area contributed by atoms with Gasteiger partial charge in [0.05, 0.1) is 5.92 Å². The van der Waals surface area contributed by atoms with Gasteiger partial charge in [0.1, 0.15) is 6.10 Å². The van der Waals surface area contributed by atoms with Gasteiger partial charge in [-0.05, 0) is 73.5 Å². The van der Waals surface area contributed by atoms with Crippen LogP contribution in [0.25, 0.3) is 0 Å². The van der Waals surface area contributed by atoms with Gasteiger partial charge in [-0.2, -0.15) is 13.2 Å². The van der Waals surface area contributed by atoms with Crippen molar-refractivity contribution in [3.05, 3.63) is 47.5 Å². The Balaban J connectivity index is 1.34. The van der Waals surface area contributed by atoms with Gasteiger partial charge < -0.3 is 9.47 Å². The summed E-state index contributed by atoms with van der Waals surface area (Å²) in [7, 11) is 0. The third kappa shape index (κ3) is 4.61. The Kier molecular flexibility index (Phi) is 6.73. The van der Waals surface area contributed by atoms with Gasteiger partial charge in [0.15, 0.2) is 0 Å². The van der Waals surface area contributed by atoms with Gasteiger partial charge >= 0.3 is 18.1 Å². The smallest absolute Gasteiger partial charge is 0.429 e. The van der Waals surface area contributed by atoms with Crippen molar-refractivity contribution >= 4 is 11.9 Å². The van der Waals surface area contributed by atoms with Gasteiger partial charge in [0.2, 0.25) is 6.10 Å². The van der Waals surface area contributed by atoms with E-state index in [1.165, 1.54) is 36.8 Å². The van der Waals surface area contributed by atoms with E-state index >= 15 is 0 Å². The molecule has 0 aliphatic heterocycles. The van der Waals surface area contributed by atoms with Crippen LogP contribution in [0.2, 0.25) is 0 Å². The van der Waals surface area contributed by atoms with E-state index in [9.17, 15) is 22.8 Å². The van der Waals surface area contributed by atoms with Crippen LogP contribution in [0.4, 0.5) is 13.2 Å². The molecule has 1 aromatic carbocycles. The van der Waals surface area contributed by atoms with Crippen molar-refractivity contribution < 1.29 is 32.2 Å². The summed E-state index contributed by atoms with van der Waals surface area (Å²) in [6.45, 7) is 5.91. The number of hydrogen-bond acceptors (Lipinski definition) is 4. The van der Waals surface area contributed by atoms with Crippen LogP contribution in [0, 0.1) is 34.5 Å². The van der Waals surface area contributed by atoms with Gasteiger partial charge in [-0.1, -0.05) is 55.8 Å². The van der Waals surface area contributed by atoms with Crippen molar-refractivity contribution in [1.29, 1.82) is 0 Å². The minimum atomic E-state index is -4.67. The Morgan fingerprint density at radius 2 is 1.73 bits per heavy atom. The molecule has 4 nitrogen and oxygen atoms in total. The highest BCUT2D eigenvalue weighted by atomic mass is 19.4.